The summed E-state index contributed by atoms with van der Waals surface area (Å²) in [7, 11) is 0. The number of nitrogens with one attached hydrogen (secondary N) is 1. The SMILES string of the molecule is Cc1c(CC(=O)NC2CCOc3ccc(F)cc32)cccc1[N+](=O)[O-]. The Morgan fingerprint density at radius 3 is 2.96 bits per heavy atom. The highest BCUT2D eigenvalue weighted by molar-refractivity contribution is 5.80. The molecule has 2 aromatic rings. The lowest BCUT2D eigenvalue weighted by atomic mass is 9.99. The quantitative estimate of drug-likeness (QED) is 0.682. The molecule has 7 heteroatoms. The molecule has 2 aromatic carbocycles. The Hall–Kier alpha value is -2.96. The van der Waals surface area contributed by atoms with Crippen molar-refractivity contribution in [1.82, 2.24) is 5.32 Å². The highest BCUT2D eigenvalue weighted by atomic mass is 19.1. The zero-order chi connectivity index (χ0) is 18.0. The van der Waals surface area contributed by atoms with Crippen molar-refractivity contribution >= 4 is 11.6 Å². The standard InChI is InChI=1S/C18H17FN2O4/c1-11-12(3-2-4-16(11)21(23)24)9-18(22)20-15-7-8-25-17-6-5-13(19)10-14(15)17/h2-6,10,15H,7-9H2,1H3,(H,20,22). The van der Waals surface area contributed by atoms with Crippen molar-refractivity contribution < 1.29 is 18.8 Å². The maximum atomic E-state index is 13.5. The van der Waals surface area contributed by atoms with Gasteiger partial charge in [-0.1, -0.05) is 12.1 Å². The normalized spacial score (nSPS) is 15.8. The van der Waals surface area contributed by atoms with E-state index in [4.69, 9.17) is 4.74 Å². The fourth-order valence-electron chi connectivity index (χ4n) is 2.99. The first-order chi connectivity index (χ1) is 12.0. The van der Waals surface area contributed by atoms with Gasteiger partial charge < -0.3 is 10.1 Å². The van der Waals surface area contributed by atoms with Gasteiger partial charge in [0.2, 0.25) is 5.91 Å². The number of halogens is 1. The Balaban J connectivity index is 1.76. The molecule has 25 heavy (non-hydrogen) atoms. The molecule has 1 N–H and O–H groups in total. The van der Waals surface area contributed by atoms with E-state index in [-0.39, 0.29) is 24.1 Å². The Bertz CT molecular complexity index is 838. The van der Waals surface area contributed by atoms with E-state index in [1.807, 2.05) is 0 Å². The van der Waals surface area contributed by atoms with Gasteiger partial charge in [-0.05, 0) is 30.7 Å². The number of hydrogen-bond acceptors (Lipinski definition) is 4. The van der Waals surface area contributed by atoms with E-state index in [9.17, 15) is 19.3 Å². The Morgan fingerprint density at radius 2 is 2.20 bits per heavy atom. The van der Waals surface area contributed by atoms with Gasteiger partial charge in [0, 0.05) is 23.6 Å². The summed E-state index contributed by atoms with van der Waals surface area (Å²) in [5, 5.41) is 13.9. The molecular weight excluding hydrogens is 327 g/mol. The maximum absolute atomic E-state index is 13.5. The number of nitro benzene ring substituents is 1. The zero-order valence-electron chi connectivity index (χ0n) is 13.6. The van der Waals surface area contributed by atoms with Crippen molar-refractivity contribution in [2.75, 3.05) is 6.61 Å². The van der Waals surface area contributed by atoms with E-state index < -0.39 is 10.7 Å². The van der Waals surface area contributed by atoms with Crippen LogP contribution >= 0.6 is 0 Å². The van der Waals surface area contributed by atoms with Gasteiger partial charge in [-0.15, -0.1) is 0 Å². The first-order valence-corrected chi connectivity index (χ1v) is 7.90. The fourth-order valence-corrected chi connectivity index (χ4v) is 2.99. The number of carbonyl (C=O) groups is 1. The molecule has 130 valence electrons. The number of ether oxygens (including phenoxy) is 1. The summed E-state index contributed by atoms with van der Waals surface area (Å²) in [6.07, 6.45) is 0.561. The van der Waals surface area contributed by atoms with Crippen molar-refractivity contribution in [2.24, 2.45) is 0 Å². The fraction of sp³-hybridized carbons (Fsp3) is 0.278. The van der Waals surface area contributed by atoms with Crippen LogP contribution in [-0.2, 0) is 11.2 Å². The molecule has 0 radical (unpaired) electrons. The van der Waals surface area contributed by atoms with Crippen LogP contribution in [0, 0.1) is 22.9 Å². The van der Waals surface area contributed by atoms with Crippen LogP contribution in [0.3, 0.4) is 0 Å². The second-order valence-corrected chi connectivity index (χ2v) is 5.93. The molecule has 1 amide bonds. The lowest BCUT2D eigenvalue weighted by Gasteiger charge is -2.26. The maximum Gasteiger partial charge on any atom is 0.272 e. The van der Waals surface area contributed by atoms with Gasteiger partial charge in [-0.2, -0.15) is 0 Å². The van der Waals surface area contributed by atoms with Crippen LogP contribution < -0.4 is 10.1 Å². The van der Waals surface area contributed by atoms with E-state index in [0.717, 1.165) is 0 Å². The van der Waals surface area contributed by atoms with E-state index in [1.165, 1.54) is 18.2 Å². The van der Waals surface area contributed by atoms with Crippen molar-refractivity contribution in [3.8, 4) is 5.75 Å². The third-order valence-electron chi connectivity index (χ3n) is 4.31. The van der Waals surface area contributed by atoms with E-state index in [1.54, 1.807) is 25.1 Å². The molecule has 0 fully saturated rings. The van der Waals surface area contributed by atoms with Gasteiger partial charge in [-0.3, -0.25) is 14.9 Å². The van der Waals surface area contributed by atoms with Gasteiger partial charge in [-0.25, -0.2) is 4.39 Å². The molecule has 1 aliphatic rings. The first kappa shape index (κ1) is 16.9. The minimum atomic E-state index is -0.464. The Labute approximate surface area is 143 Å². The predicted molar refractivity (Wildman–Crippen MR) is 88.9 cm³/mol. The summed E-state index contributed by atoms with van der Waals surface area (Å²) >= 11 is 0. The molecule has 1 unspecified atom stereocenters. The highest BCUT2D eigenvalue weighted by Crippen LogP contribution is 2.32. The Kier molecular flexibility index (Phi) is 4.65. The predicted octanol–water partition coefficient (Wildman–Crippen LogP) is 3.22. The number of nitro groups is 1. The van der Waals surface area contributed by atoms with Gasteiger partial charge in [0.15, 0.2) is 0 Å². The van der Waals surface area contributed by atoms with Crippen molar-refractivity contribution in [3.63, 3.8) is 0 Å². The summed E-state index contributed by atoms with van der Waals surface area (Å²) < 4.78 is 19.0. The molecule has 1 atom stereocenters. The molecular formula is C18H17FN2O4. The summed E-state index contributed by atoms with van der Waals surface area (Å²) in [5.74, 6) is -0.104. The molecule has 0 saturated carbocycles. The number of rotatable bonds is 4. The second kappa shape index (κ2) is 6.88. The van der Waals surface area contributed by atoms with Gasteiger partial charge >= 0.3 is 0 Å². The third kappa shape index (κ3) is 3.60. The van der Waals surface area contributed by atoms with Crippen LogP contribution in [0.4, 0.5) is 10.1 Å². The number of fused-ring (bicyclic) bond motifs is 1. The van der Waals surface area contributed by atoms with Crippen molar-refractivity contribution in [3.05, 3.63) is 69.0 Å². The molecule has 0 bridgehead atoms. The second-order valence-electron chi connectivity index (χ2n) is 5.93. The van der Waals surface area contributed by atoms with Crippen LogP contribution in [0.1, 0.15) is 29.2 Å². The van der Waals surface area contributed by atoms with E-state index in [0.29, 0.717) is 35.5 Å². The van der Waals surface area contributed by atoms with Gasteiger partial charge in [0.25, 0.3) is 5.69 Å². The molecule has 0 aromatic heterocycles. The monoisotopic (exact) mass is 344 g/mol. The minimum absolute atomic E-state index is 0.0104. The molecule has 1 aliphatic heterocycles. The third-order valence-corrected chi connectivity index (χ3v) is 4.31. The number of benzene rings is 2. The molecule has 3 rings (SSSR count). The number of carbonyl (C=O) groups excluding carboxylic acids is 1. The molecule has 1 heterocycles. The van der Waals surface area contributed by atoms with Crippen LogP contribution in [0.15, 0.2) is 36.4 Å². The molecule has 6 nitrogen and oxygen atoms in total. The molecule has 0 saturated heterocycles. The topological polar surface area (TPSA) is 81.5 Å². The molecule has 0 spiro atoms. The number of hydrogen-bond donors (Lipinski definition) is 1. The minimum Gasteiger partial charge on any atom is -0.493 e. The van der Waals surface area contributed by atoms with Crippen molar-refractivity contribution in [2.45, 2.75) is 25.8 Å². The smallest absolute Gasteiger partial charge is 0.272 e. The summed E-state index contributed by atoms with van der Waals surface area (Å²) in [5.41, 5.74) is 1.67. The van der Waals surface area contributed by atoms with Gasteiger partial charge in [0.1, 0.15) is 11.6 Å². The lowest BCUT2D eigenvalue weighted by molar-refractivity contribution is -0.385. The zero-order valence-corrected chi connectivity index (χ0v) is 13.6. The highest BCUT2D eigenvalue weighted by Gasteiger charge is 2.24. The Morgan fingerprint density at radius 1 is 1.40 bits per heavy atom. The number of amides is 1. The molecule has 0 aliphatic carbocycles. The number of nitrogens with zero attached hydrogens (tertiary/aromatic N) is 1. The van der Waals surface area contributed by atoms with Crippen LogP contribution in [0.25, 0.3) is 0 Å². The average molecular weight is 344 g/mol. The summed E-state index contributed by atoms with van der Waals surface area (Å²) in [4.78, 5) is 22.9. The average Bonchev–Trinajstić information content (AvgIpc) is 2.57. The van der Waals surface area contributed by atoms with E-state index >= 15 is 0 Å². The van der Waals surface area contributed by atoms with Gasteiger partial charge in [0.05, 0.1) is 24.0 Å². The largest absolute Gasteiger partial charge is 0.493 e. The summed E-state index contributed by atoms with van der Waals surface area (Å²) in [6, 6.07) is 8.55. The summed E-state index contributed by atoms with van der Waals surface area (Å²) in [6.45, 7) is 2.05. The van der Waals surface area contributed by atoms with Crippen LogP contribution in [0.5, 0.6) is 5.75 Å². The van der Waals surface area contributed by atoms with Crippen molar-refractivity contribution in [1.29, 1.82) is 0 Å². The first-order valence-electron chi connectivity index (χ1n) is 7.90. The van der Waals surface area contributed by atoms with E-state index in [2.05, 4.69) is 5.32 Å². The van der Waals surface area contributed by atoms with Crippen LogP contribution in [-0.4, -0.2) is 17.4 Å². The van der Waals surface area contributed by atoms with Crippen LogP contribution in [0.2, 0.25) is 0 Å². The lowest BCUT2D eigenvalue weighted by Crippen LogP contribution is -2.33.